The van der Waals surface area contributed by atoms with Crippen molar-refractivity contribution in [1.29, 1.82) is 0 Å². The number of hydrogen-bond acceptors (Lipinski definition) is 4. The zero-order valence-electron chi connectivity index (χ0n) is 10.9. The molecule has 2 aromatic rings. The maximum Gasteiger partial charge on any atom is 0.234 e. The molecule has 0 atom stereocenters. The largest absolute Gasteiger partial charge is 0.398 e. The molecule has 1 aromatic heterocycles. The Bertz CT molecular complexity index is 634. The molecule has 4 nitrogen and oxygen atoms in total. The second-order valence-corrected chi connectivity index (χ2v) is 6.02. The number of aromatic nitrogens is 1. The number of benzene rings is 1. The molecule has 6 heteroatoms. The van der Waals surface area contributed by atoms with E-state index in [1.54, 1.807) is 12.3 Å². The first-order valence-corrected chi connectivity index (χ1v) is 7.73. The summed E-state index contributed by atoms with van der Waals surface area (Å²) in [4.78, 5) is 16.1. The summed E-state index contributed by atoms with van der Waals surface area (Å²) in [5, 5.41) is 3.61. The van der Waals surface area contributed by atoms with Crippen molar-refractivity contribution >= 4 is 45.0 Å². The highest BCUT2D eigenvalue weighted by Gasteiger charge is 2.07. The van der Waals surface area contributed by atoms with Crippen molar-refractivity contribution in [2.24, 2.45) is 0 Å². The maximum absolute atomic E-state index is 11.9. The normalized spacial score (nSPS) is 10.3. The van der Waals surface area contributed by atoms with Gasteiger partial charge in [-0.05, 0) is 52.7 Å². The van der Waals surface area contributed by atoms with Crippen LogP contribution in [0.4, 0.5) is 11.4 Å². The third-order valence-electron chi connectivity index (χ3n) is 2.63. The topological polar surface area (TPSA) is 68.0 Å². The lowest BCUT2D eigenvalue weighted by Gasteiger charge is -2.07. The van der Waals surface area contributed by atoms with E-state index in [0.29, 0.717) is 17.1 Å². The van der Waals surface area contributed by atoms with Gasteiger partial charge in [-0.25, -0.2) is 4.98 Å². The molecule has 104 valence electrons. The van der Waals surface area contributed by atoms with E-state index in [2.05, 4.69) is 26.2 Å². The molecule has 0 radical (unpaired) electrons. The van der Waals surface area contributed by atoms with Crippen LogP contribution in [0.1, 0.15) is 5.56 Å². The van der Waals surface area contributed by atoms with Crippen molar-refractivity contribution in [2.75, 3.05) is 16.8 Å². The molecule has 0 fully saturated rings. The Morgan fingerprint density at radius 1 is 1.45 bits per heavy atom. The summed E-state index contributed by atoms with van der Waals surface area (Å²) in [6.07, 6.45) is 1.70. The molecule has 0 spiro atoms. The number of carbonyl (C=O) groups is 1. The number of amides is 1. The van der Waals surface area contributed by atoms with E-state index in [9.17, 15) is 4.79 Å². The molecule has 0 saturated carbocycles. The maximum atomic E-state index is 11.9. The number of halogens is 1. The minimum absolute atomic E-state index is 0.0872. The Hall–Kier alpha value is -1.53. The Kier molecular flexibility index (Phi) is 5.03. The van der Waals surface area contributed by atoms with Crippen molar-refractivity contribution in [3.8, 4) is 0 Å². The van der Waals surface area contributed by atoms with Gasteiger partial charge in [-0.15, -0.1) is 0 Å². The molecule has 1 aromatic carbocycles. The summed E-state index contributed by atoms with van der Waals surface area (Å²) in [5.41, 5.74) is 8.18. The molecule has 0 bridgehead atoms. The van der Waals surface area contributed by atoms with Crippen LogP contribution in [-0.4, -0.2) is 16.6 Å². The molecule has 0 unspecified atom stereocenters. The van der Waals surface area contributed by atoms with Crippen LogP contribution in [-0.2, 0) is 4.79 Å². The van der Waals surface area contributed by atoms with Crippen LogP contribution in [0.3, 0.4) is 0 Å². The molecule has 3 N–H and O–H groups in total. The third-order valence-corrected chi connectivity index (χ3v) is 4.54. The molecule has 2 rings (SSSR count). The second kappa shape index (κ2) is 6.76. The van der Waals surface area contributed by atoms with E-state index in [1.165, 1.54) is 11.8 Å². The lowest BCUT2D eigenvalue weighted by Crippen LogP contribution is -2.14. The smallest absolute Gasteiger partial charge is 0.234 e. The van der Waals surface area contributed by atoms with Gasteiger partial charge in [-0.3, -0.25) is 4.79 Å². The van der Waals surface area contributed by atoms with Crippen LogP contribution >= 0.6 is 27.7 Å². The summed E-state index contributed by atoms with van der Waals surface area (Å²) in [7, 11) is 0. The Morgan fingerprint density at radius 3 is 2.95 bits per heavy atom. The molecular formula is C14H14BrN3OS. The van der Waals surface area contributed by atoms with Crippen molar-refractivity contribution in [3.63, 3.8) is 0 Å². The number of pyridine rings is 1. The molecule has 1 amide bonds. The minimum atomic E-state index is -0.0872. The molecule has 0 aliphatic heterocycles. The van der Waals surface area contributed by atoms with Gasteiger partial charge in [-0.2, -0.15) is 0 Å². The van der Waals surface area contributed by atoms with Gasteiger partial charge in [0, 0.05) is 22.0 Å². The summed E-state index contributed by atoms with van der Waals surface area (Å²) in [5.74, 6) is 0.208. The first-order chi connectivity index (χ1) is 9.56. The van der Waals surface area contributed by atoms with Gasteiger partial charge >= 0.3 is 0 Å². The molecular weight excluding hydrogens is 338 g/mol. The number of nitrogens with zero attached hydrogens (tertiary/aromatic N) is 1. The van der Waals surface area contributed by atoms with Crippen molar-refractivity contribution in [2.45, 2.75) is 11.9 Å². The zero-order valence-corrected chi connectivity index (χ0v) is 13.3. The molecule has 1 heterocycles. The average molecular weight is 352 g/mol. The summed E-state index contributed by atoms with van der Waals surface area (Å²) in [6.45, 7) is 1.93. The quantitative estimate of drug-likeness (QED) is 0.653. The molecule has 0 aliphatic rings. The van der Waals surface area contributed by atoms with Gasteiger partial charge in [-0.1, -0.05) is 17.8 Å². The first kappa shape index (κ1) is 14.9. The number of rotatable bonds is 4. The third kappa shape index (κ3) is 3.98. The SMILES string of the molecule is Cc1ccc(NC(=O)CSc2ncccc2Br)cc1N. The minimum Gasteiger partial charge on any atom is -0.398 e. The van der Waals surface area contributed by atoms with Crippen LogP contribution in [0.2, 0.25) is 0 Å². The summed E-state index contributed by atoms with van der Waals surface area (Å²) in [6, 6.07) is 9.21. The van der Waals surface area contributed by atoms with Crippen LogP contribution in [0.25, 0.3) is 0 Å². The standard InChI is InChI=1S/C14H14BrN3OS/c1-9-4-5-10(7-12(9)16)18-13(19)8-20-14-11(15)3-2-6-17-14/h2-7H,8,16H2,1H3,(H,18,19). The Labute approximate surface area is 130 Å². The monoisotopic (exact) mass is 351 g/mol. The van der Waals surface area contributed by atoms with Gasteiger partial charge in [0.2, 0.25) is 5.91 Å². The predicted molar refractivity (Wildman–Crippen MR) is 86.9 cm³/mol. The zero-order chi connectivity index (χ0) is 14.5. The van der Waals surface area contributed by atoms with Gasteiger partial charge in [0.25, 0.3) is 0 Å². The number of hydrogen-bond donors (Lipinski definition) is 2. The van der Waals surface area contributed by atoms with Crippen molar-refractivity contribution in [3.05, 3.63) is 46.6 Å². The van der Waals surface area contributed by atoms with E-state index in [4.69, 9.17) is 5.73 Å². The predicted octanol–water partition coefficient (Wildman–Crippen LogP) is 3.47. The fourth-order valence-corrected chi connectivity index (χ4v) is 2.81. The fraction of sp³-hybridized carbons (Fsp3) is 0.143. The number of anilines is 2. The number of thioether (sulfide) groups is 1. The number of carbonyl (C=O) groups excluding carboxylic acids is 1. The first-order valence-electron chi connectivity index (χ1n) is 5.95. The molecule has 0 saturated heterocycles. The summed E-state index contributed by atoms with van der Waals surface area (Å²) < 4.78 is 0.886. The van der Waals surface area contributed by atoms with Crippen LogP contribution in [0, 0.1) is 6.92 Å². The second-order valence-electron chi connectivity index (χ2n) is 4.20. The number of nitrogens with two attached hydrogens (primary N) is 1. The van der Waals surface area contributed by atoms with Gasteiger partial charge in [0.05, 0.1) is 5.75 Å². The highest BCUT2D eigenvalue weighted by atomic mass is 79.9. The van der Waals surface area contributed by atoms with Gasteiger partial charge in [0.1, 0.15) is 5.03 Å². The van der Waals surface area contributed by atoms with Gasteiger partial charge in [0.15, 0.2) is 0 Å². The average Bonchev–Trinajstić information content (AvgIpc) is 2.42. The van der Waals surface area contributed by atoms with Crippen molar-refractivity contribution in [1.82, 2.24) is 4.98 Å². The van der Waals surface area contributed by atoms with Gasteiger partial charge < -0.3 is 11.1 Å². The molecule has 20 heavy (non-hydrogen) atoms. The van der Waals surface area contributed by atoms with Crippen molar-refractivity contribution < 1.29 is 4.79 Å². The molecule has 0 aliphatic carbocycles. The number of nitrogen functional groups attached to an aromatic ring is 1. The lowest BCUT2D eigenvalue weighted by atomic mass is 10.2. The number of aryl methyl sites for hydroxylation is 1. The van der Waals surface area contributed by atoms with E-state index in [-0.39, 0.29) is 5.91 Å². The summed E-state index contributed by atoms with van der Waals surface area (Å²) >= 11 is 4.78. The highest BCUT2D eigenvalue weighted by molar-refractivity contribution is 9.10. The van der Waals surface area contributed by atoms with E-state index in [1.807, 2.05) is 31.2 Å². The van der Waals surface area contributed by atoms with Crippen LogP contribution in [0.15, 0.2) is 46.0 Å². The van der Waals surface area contributed by atoms with E-state index >= 15 is 0 Å². The van der Waals surface area contributed by atoms with E-state index in [0.717, 1.165) is 15.1 Å². The fourth-order valence-electron chi connectivity index (χ4n) is 1.53. The van der Waals surface area contributed by atoms with Crippen LogP contribution < -0.4 is 11.1 Å². The van der Waals surface area contributed by atoms with Crippen LogP contribution in [0.5, 0.6) is 0 Å². The lowest BCUT2D eigenvalue weighted by molar-refractivity contribution is -0.113. The Morgan fingerprint density at radius 2 is 2.25 bits per heavy atom. The number of nitrogens with one attached hydrogen (secondary N) is 1. The highest BCUT2D eigenvalue weighted by Crippen LogP contribution is 2.24. The van der Waals surface area contributed by atoms with E-state index < -0.39 is 0 Å². The Balaban J connectivity index is 1.93.